The molecule has 1 aromatic carbocycles. The number of aromatic nitrogens is 5. The summed E-state index contributed by atoms with van der Waals surface area (Å²) in [5.74, 6) is -1.30. The molecule has 0 fully saturated rings. The Morgan fingerprint density at radius 2 is 1.58 bits per heavy atom. The number of halogens is 2. The fourth-order valence-corrected chi connectivity index (χ4v) is 5.11. The van der Waals surface area contributed by atoms with Crippen LogP contribution in [0.25, 0.3) is 0 Å². The van der Waals surface area contributed by atoms with Crippen LogP contribution in [0, 0.1) is 5.41 Å². The van der Waals surface area contributed by atoms with Crippen molar-refractivity contribution in [2.45, 2.75) is 6.42 Å². The Morgan fingerprint density at radius 3 is 2.23 bits per heavy atom. The molecule has 0 unspecified atom stereocenters. The molecule has 0 radical (unpaired) electrons. The molecule has 0 spiro atoms. The number of anilines is 3. The van der Waals surface area contributed by atoms with Gasteiger partial charge in [-0.2, -0.15) is 5.10 Å². The smallest absolute Gasteiger partial charge is 0.292 e. The van der Waals surface area contributed by atoms with Crippen LogP contribution in [0.5, 0.6) is 0 Å². The highest BCUT2D eigenvalue weighted by molar-refractivity contribution is 6.18. The van der Waals surface area contributed by atoms with Crippen molar-refractivity contribution in [1.82, 2.24) is 34.2 Å². The fourth-order valence-electron chi connectivity index (χ4n) is 4.72. The fraction of sp³-hybridized carbons (Fsp3) is 0.300. The average molecular weight is 700 g/mol. The van der Waals surface area contributed by atoms with Gasteiger partial charge in [-0.05, 0) is 18.2 Å². The molecule has 4 amide bonds. The number of hydrazine groups is 1. The highest BCUT2D eigenvalue weighted by Gasteiger charge is 2.29. The maximum Gasteiger partial charge on any atom is 0.292 e. The van der Waals surface area contributed by atoms with Crippen molar-refractivity contribution >= 4 is 70.0 Å². The largest absolute Gasteiger partial charge is 0.388 e. The first-order chi connectivity index (χ1) is 22.9. The molecule has 0 aliphatic carbocycles. The van der Waals surface area contributed by atoms with Crippen LogP contribution in [0.3, 0.4) is 0 Å². The van der Waals surface area contributed by atoms with Gasteiger partial charge in [0, 0.05) is 83.0 Å². The molecule has 3 aromatic heterocycles. The summed E-state index contributed by atoms with van der Waals surface area (Å²) < 4.78 is 4.31. The van der Waals surface area contributed by atoms with E-state index < -0.39 is 11.8 Å². The van der Waals surface area contributed by atoms with Gasteiger partial charge in [0.15, 0.2) is 11.6 Å². The highest BCUT2D eigenvalue weighted by atomic mass is 35.5. The number of alkyl halides is 2. The second-order valence-corrected chi connectivity index (χ2v) is 11.3. The molecule has 254 valence electrons. The maximum absolute atomic E-state index is 13.6. The highest BCUT2D eigenvalue weighted by Crippen LogP contribution is 2.21. The van der Waals surface area contributed by atoms with Crippen LogP contribution in [-0.4, -0.2) is 89.8 Å². The number of amides is 4. The van der Waals surface area contributed by atoms with E-state index in [1.165, 1.54) is 33.4 Å². The molecular weight excluding hydrogens is 663 g/mol. The molecule has 0 aliphatic heterocycles. The summed E-state index contributed by atoms with van der Waals surface area (Å²) >= 11 is 12.1. The topological polar surface area (TPSA) is 201 Å². The average Bonchev–Trinajstić information content (AvgIpc) is 3.73. The van der Waals surface area contributed by atoms with E-state index in [1.54, 1.807) is 66.4 Å². The Hall–Kier alpha value is -5.19. The molecule has 0 bridgehead atoms. The lowest BCUT2D eigenvalue weighted by molar-refractivity contribution is 0.0899. The quantitative estimate of drug-likeness (QED) is 0.0539. The van der Waals surface area contributed by atoms with Gasteiger partial charge in [0.25, 0.3) is 23.6 Å². The number of benzene rings is 1. The van der Waals surface area contributed by atoms with E-state index in [2.05, 4.69) is 26.0 Å². The van der Waals surface area contributed by atoms with Crippen LogP contribution in [0.15, 0.2) is 54.9 Å². The molecule has 6 N–H and O–H groups in total. The summed E-state index contributed by atoms with van der Waals surface area (Å²) in [7, 11) is 4.80. The predicted octanol–water partition coefficient (Wildman–Crippen LogP) is 2.39. The van der Waals surface area contributed by atoms with E-state index in [-0.39, 0.29) is 65.5 Å². The molecule has 0 atom stereocenters. The van der Waals surface area contributed by atoms with E-state index in [1.807, 2.05) is 0 Å². The monoisotopic (exact) mass is 698 g/mol. The molecule has 18 heteroatoms. The van der Waals surface area contributed by atoms with Crippen molar-refractivity contribution < 1.29 is 19.2 Å². The van der Waals surface area contributed by atoms with Crippen molar-refractivity contribution in [3.8, 4) is 0 Å². The SMILES string of the molecule is Cn1cc(NC(=O)c2cc(NC(=O)c3nc(N(C(=O)c4ccccc4)N(CCCl)CCCl)cn3C)nn2C)cc1C(=O)NCCC(=N)N. The normalized spacial score (nSPS) is 11.0. The number of nitrogens with one attached hydrogen (secondary N) is 4. The second-order valence-electron chi connectivity index (χ2n) is 10.6. The van der Waals surface area contributed by atoms with Crippen LogP contribution in [-0.2, 0) is 21.1 Å². The minimum atomic E-state index is -0.634. The van der Waals surface area contributed by atoms with Crippen LogP contribution in [0.1, 0.15) is 48.4 Å². The van der Waals surface area contributed by atoms with Crippen molar-refractivity contribution in [2.75, 3.05) is 47.0 Å². The van der Waals surface area contributed by atoms with E-state index >= 15 is 0 Å². The molecule has 0 saturated heterocycles. The molecule has 4 rings (SSSR count). The van der Waals surface area contributed by atoms with Crippen LogP contribution >= 0.6 is 23.2 Å². The lowest BCUT2D eigenvalue weighted by atomic mass is 10.2. The Labute approximate surface area is 286 Å². The van der Waals surface area contributed by atoms with Crippen molar-refractivity contribution in [3.05, 3.63) is 77.6 Å². The number of nitrogens with zero attached hydrogens (tertiary/aromatic N) is 7. The predicted molar refractivity (Wildman–Crippen MR) is 183 cm³/mol. The van der Waals surface area contributed by atoms with Crippen molar-refractivity contribution in [1.29, 1.82) is 5.41 Å². The summed E-state index contributed by atoms with van der Waals surface area (Å²) in [6.45, 7) is 0.791. The van der Waals surface area contributed by atoms with Gasteiger partial charge in [-0.15, -0.1) is 23.2 Å². The minimum Gasteiger partial charge on any atom is -0.388 e. The third-order valence-electron chi connectivity index (χ3n) is 6.99. The molecule has 0 aliphatic rings. The van der Waals surface area contributed by atoms with E-state index in [9.17, 15) is 19.2 Å². The van der Waals surface area contributed by atoms with Gasteiger partial charge in [-0.25, -0.2) is 15.0 Å². The number of amidine groups is 1. The van der Waals surface area contributed by atoms with Gasteiger partial charge in [-0.1, -0.05) is 18.2 Å². The molecule has 48 heavy (non-hydrogen) atoms. The first kappa shape index (κ1) is 35.7. The molecule has 4 aromatic rings. The summed E-state index contributed by atoms with van der Waals surface area (Å²) in [5, 5.41) is 22.6. The summed E-state index contributed by atoms with van der Waals surface area (Å²) in [4.78, 5) is 57.1. The van der Waals surface area contributed by atoms with Gasteiger partial charge >= 0.3 is 0 Å². The van der Waals surface area contributed by atoms with Gasteiger partial charge in [0.05, 0.1) is 11.5 Å². The first-order valence-corrected chi connectivity index (χ1v) is 15.7. The molecule has 3 heterocycles. The standard InChI is InChI=1S/C30H36Cl2N12O4/c1-40-17-20(15-21(40)27(45)35-12-9-23(33)34)36-28(46)22-16-24(39-42(22)3)37-29(47)26-38-25(18-41(26)2)44(43(13-10-31)14-11-32)30(48)19-7-5-4-6-8-19/h4-8,15-18H,9-14H2,1-3H3,(H3,33,34)(H,35,45)(H,36,46)(H,37,39,47). The maximum atomic E-state index is 13.6. The lowest BCUT2D eigenvalue weighted by Crippen LogP contribution is -2.49. The Balaban J connectivity index is 1.50. The zero-order valence-corrected chi connectivity index (χ0v) is 28.0. The van der Waals surface area contributed by atoms with Gasteiger partial charge in [0.2, 0.25) is 5.82 Å². The molecule has 0 saturated carbocycles. The lowest BCUT2D eigenvalue weighted by Gasteiger charge is -2.32. The zero-order valence-electron chi connectivity index (χ0n) is 26.5. The van der Waals surface area contributed by atoms with E-state index in [0.717, 1.165) is 0 Å². The third kappa shape index (κ3) is 8.58. The molecule has 16 nitrogen and oxygen atoms in total. The number of imidazole rings is 1. The van der Waals surface area contributed by atoms with Gasteiger partial charge in [-0.3, -0.25) is 29.3 Å². The number of aryl methyl sites for hydroxylation is 3. The number of hydrogen-bond acceptors (Lipinski definition) is 8. The van der Waals surface area contributed by atoms with Crippen LogP contribution < -0.4 is 26.7 Å². The summed E-state index contributed by atoms with van der Waals surface area (Å²) in [6.07, 6.45) is 3.33. The number of nitrogens with two attached hydrogens (primary N) is 1. The molecular formula is C30H36Cl2N12O4. The Morgan fingerprint density at radius 1 is 0.896 bits per heavy atom. The Kier molecular flexibility index (Phi) is 11.9. The van der Waals surface area contributed by atoms with E-state index in [0.29, 0.717) is 30.0 Å². The number of carbonyl (C=O) groups is 4. The first-order valence-electron chi connectivity index (χ1n) is 14.7. The number of carbonyl (C=O) groups excluding carboxylic acids is 4. The van der Waals surface area contributed by atoms with Crippen molar-refractivity contribution in [3.63, 3.8) is 0 Å². The summed E-state index contributed by atoms with van der Waals surface area (Å²) in [6, 6.07) is 11.5. The van der Waals surface area contributed by atoms with Gasteiger partial charge in [0.1, 0.15) is 11.4 Å². The minimum absolute atomic E-state index is 0.0254. The summed E-state index contributed by atoms with van der Waals surface area (Å²) in [5.41, 5.74) is 6.51. The van der Waals surface area contributed by atoms with Crippen LogP contribution in [0.4, 0.5) is 17.3 Å². The van der Waals surface area contributed by atoms with Crippen molar-refractivity contribution in [2.24, 2.45) is 26.9 Å². The van der Waals surface area contributed by atoms with Crippen LogP contribution in [0.2, 0.25) is 0 Å². The number of rotatable bonds is 15. The zero-order chi connectivity index (χ0) is 35.0. The second kappa shape index (κ2) is 16.1. The third-order valence-corrected chi connectivity index (χ3v) is 7.33. The van der Waals surface area contributed by atoms with Gasteiger partial charge < -0.3 is 30.8 Å². The number of hydrogen-bond donors (Lipinski definition) is 5. The van der Waals surface area contributed by atoms with E-state index in [4.69, 9.17) is 34.3 Å². The Bertz CT molecular complexity index is 1790.